The van der Waals surface area contributed by atoms with Gasteiger partial charge in [-0.2, -0.15) is 5.10 Å². The molecule has 8 heteroatoms. The zero-order valence-electron chi connectivity index (χ0n) is 19.4. The number of aromatic amines is 1. The van der Waals surface area contributed by atoms with Gasteiger partial charge >= 0.3 is 0 Å². The fourth-order valence-electron chi connectivity index (χ4n) is 3.92. The number of benzene rings is 2. The van der Waals surface area contributed by atoms with Crippen LogP contribution in [0.5, 0.6) is 11.5 Å². The van der Waals surface area contributed by atoms with Crippen molar-refractivity contribution in [2.75, 3.05) is 57.7 Å². The lowest BCUT2D eigenvalue weighted by Crippen LogP contribution is -2.44. The van der Waals surface area contributed by atoms with Crippen molar-refractivity contribution < 1.29 is 14.3 Å². The first-order valence-electron chi connectivity index (χ1n) is 11.1. The average Bonchev–Trinajstić information content (AvgIpc) is 3.30. The summed E-state index contributed by atoms with van der Waals surface area (Å²) in [4.78, 5) is 17.3. The summed E-state index contributed by atoms with van der Waals surface area (Å²) >= 11 is 0. The molecule has 0 unspecified atom stereocenters. The highest BCUT2D eigenvalue weighted by molar-refractivity contribution is 6.03. The van der Waals surface area contributed by atoms with Gasteiger partial charge < -0.3 is 24.6 Å². The number of likely N-dealkylation sites (N-methyl/N-ethyl adjacent to an activating group) is 1. The van der Waals surface area contributed by atoms with Gasteiger partial charge in [-0.25, -0.2) is 0 Å². The van der Waals surface area contributed by atoms with E-state index in [1.54, 1.807) is 14.2 Å². The van der Waals surface area contributed by atoms with Crippen molar-refractivity contribution in [2.45, 2.75) is 12.8 Å². The molecular formula is C25H31N5O3. The number of nitrogens with zero attached hydrogens (tertiary/aromatic N) is 3. The van der Waals surface area contributed by atoms with E-state index in [0.29, 0.717) is 11.4 Å². The maximum atomic E-state index is 12.7. The van der Waals surface area contributed by atoms with Crippen LogP contribution in [0.4, 0.5) is 11.5 Å². The minimum absolute atomic E-state index is 0.160. The van der Waals surface area contributed by atoms with Crippen molar-refractivity contribution in [1.82, 2.24) is 15.1 Å². The van der Waals surface area contributed by atoms with E-state index in [0.717, 1.165) is 67.5 Å². The lowest BCUT2D eigenvalue weighted by Gasteiger charge is -2.34. The molecule has 0 aliphatic carbocycles. The second-order valence-corrected chi connectivity index (χ2v) is 8.29. The van der Waals surface area contributed by atoms with Crippen LogP contribution in [-0.2, 0) is 12.8 Å². The van der Waals surface area contributed by atoms with Crippen LogP contribution in [0, 0.1) is 0 Å². The summed E-state index contributed by atoms with van der Waals surface area (Å²) in [5, 5.41) is 10.1. The average molecular weight is 450 g/mol. The van der Waals surface area contributed by atoms with Gasteiger partial charge in [0.15, 0.2) is 0 Å². The topological polar surface area (TPSA) is 82.7 Å². The summed E-state index contributed by atoms with van der Waals surface area (Å²) in [5.74, 6) is 1.95. The number of rotatable bonds is 8. The monoisotopic (exact) mass is 449 g/mol. The van der Waals surface area contributed by atoms with Crippen LogP contribution in [0.3, 0.4) is 0 Å². The number of hydrogen-bond donors (Lipinski definition) is 2. The second kappa shape index (κ2) is 10.4. The zero-order valence-corrected chi connectivity index (χ0v) is 19.4. The normalized spacial score (nSPS) is 14.2. The van der Waals surface area contributed by atoms with E-state index in [2.05, 4.69) is 32.4 Å². The Balaban J connectivity index is 1.32. The SMILES string of the molecule is COc1cc(CCc2cc(NC(=O)c3ccc(N4CCN(C)CC4)cc3)[nH]n2)cc(OC)c1. The van der Waals surface area contributed by atoms with Crippen molar-refractivity contribution in [2.24, 2.45) is 0 Å². The number of nitrogens with one attached hydrogen (secondary N) is 2. The van der Waals surface area contributed by atoms with Gasteiger partial charge in [0.05, 0.1) is 19.9 Å². The number of ether oxygens (including phenoxy) is 2. The maximum absolute atomic E-state index is 12.7. The molecule has 1 saturated heterocycles. The fraction of sp³-hybridized carbons (Fsp3) is 0.360. The third kappa shape index (κ3) is 5.84. The van der Waals surface area contributed by atoms with E-state index < -0.39 is 0 Å². The van der Waals surface area contributed by atoms with E-state index >= 15 is 0 Å². The van der Waals surface area contributed by atoms with Gasteiger partial charge in [-0.1, -0.05) is 0 Å². The number of amides is 1. The molecule has 0 atom stereocenters. The van der Waals surface area contributed by atoms with Crippen LogP contribution >= 0.6 is 0 Å². The molecule has 33 heavy (non-hydrogen) atoms. The Kier molecular flexibility index (Phi) is 7.14. The Morgan fingerprint density at radius 2 is 1.64 bits per heavy atom. The highest BCUT2D eigenvalue weighted by Gasteiger charge is 2.15. The summed E-state index contributed by atoms with van der Waals surface area (Å²) in [7, 11) is 5.42. The zero-order chi connectivity index (χ0) is 23.2. The molecule has 1 aliphatic heterocycles. The van der Waals surface area contributed by atoms with E-state index in [-0.39, 0.29) is 5.91 Å². The van der Waals surface area contributed by atoms with Gasteiger partial charge in [-0.05, 0) is 61.9 Å². The predicted octanol–water partition coefficient (Wildman–Crippen LogP) is 3.22. The Bertz CT molecular complexity index is 1050. The number of piperazine rings is 1. The molecule has 2 heterocycles. The van der Waals surface area contributed by atoms with E-state index in [4.69, 9.17) is 9.47 Å². The number of anilines is 2. The number of aromatic nitrogens is 2. The number of hydrogen-bond acceptors (Lipinski definition) is 6. The molecule has 2 aromatic carbocycles. The smallest absolute Gasteiger partial charge is 0.256 e. The molecule has 4 rings (SSSR count). The molecule has 0 bridgehead atoms. The first-order valence-corrected chi connectivity index (χ1v) is 11.1. The summed E-state index contributed by atoms with van der Waals surface area (Å²) in [6.45, 7) is 4.11. The molecule has 0 radical (unpaired) electrons. The van der Waals surface area contributed by atoms with Crippen LogP contribution in [0.15, 0.2) is 48.5 Å². The summed E-state index contributed by atoms with van der Waals surface area (Å²) in [5.41, 5.74) is 3.74. The molecule has 0 spiro atoms. The Hall–Kier alpha value is -3.52. The van der Waals surface area contributed by atoms with E-state index in [1.807, 2.05) is 48.5 Å². The number of H-pyrrole nitrogens is 1. The van der Waals surface area contributed by atoms with Crippen molar-refractivity contribution in [3.05, 3.63) is 65.4 Å². The van der Waals surface area contributed by atoms with Gasteiger partial charge in [0.2, 0.25) is 0 Å². The van der Waals surface area contributed by atoms with Crippen LogP contribution in [0.25, 0.3) is 0 Å². The second-order valence-electron chi connectivity index (χ2n) is 8.29. The molecule has 1 amide bonds. The van der Waals surface area contributed by atoms with Gasteiger partial charge in [0.1, 0.15) is 17.3 Å². The lowest BCUT2D eigenvalue weighted by molar-refractivity contribution is 0.102. The third-order valence-corrected chi connectivity index (χ3v) is 5.96. The number of carbonyl (C=O) groups excluding carboxylic acids is 1. The number of carbonyl (C=O) groups is 1. The minimum Gasteiger partial charge on any atom is -0.497 e. The molecule has 174 valence electrons. The molecule has 0 saturated carbocycles. The van der Waals surface area contributed by atoms with E-state index in [1.165, 1.54) is 0 Å². The van der Waals surface area contributed by atoms with Crippen molar-refractivity contribution >= 4 is 17.4 Å². The van der Waals surface area contributed by atoms with Crippen LogP contribution < -0.4 is 19.7 Å². The summed E-state index contributed by atoms with van der Waals surface area (Å²) in [6, 6.07) is 15.5. The summed E-state index contributed by atoms with van der Waals surface area (Å²) in [6.07, 6.45) is 1.50. The third-order valence-electron chi connectivity index (χ3n) is 5.96. The molecular weight excluding hydrogens is 418 g/mol. The van der Waals surface area contributed by atoms with E-state index in [9.17, 15) is 4.79 Å². The van der Waals surface area contributed by atoms with Crippen LogP contribution in [0.2, 0.25) is 0 Å². The van der Waals surface area contributed by atoms with Crippen molar-refractivity contribution in [3.63, 3.8) is 0 Å². The number of methoxy groups -OCH3 is 2. The van der Waals surface area contributed by atoms with Gasteiger partial charge in [-0.15, -0.1) is 0 Å². The molecule has 1 aromatic heterocycles. The first kappa shape index (κ1) is 22.7. The quantitative estimate of drug-likeness (QED) is 0.550. The predicted molar refractivity (Wildman–Crippen MR) is 130 cm³/mol. The molecule has 1 aliphatic rings. The highest BCUT2D eigenvalue weighted by atomic mass is 16.5. The molecule has 1 fully saturated rings. The Labute approximate surface area is 194 Å². The van der Waals surface area contributed by atoms with Crippen molar-refractivity contribution in [1.29, 1.82) is 0 Å². The van der Waals surface area contributed by atoms with Gasteiger partial charge in [0, 0.05) is 49.6 Å². The molecule has 8 nitrogen and oxygen atoms in total. The Morgan fingerprint density at radius 1 is 0.970 bits per heavy atom. The Morgan fingerprint density at radius 3 is 2.27 bits per heavy atom. The minimum atomic E-state index is -0.160. The fourth-order valence-corrected chi connectivity index (χ4v) is 3.92. The first-order chi connectivity index (χ1) is 16.0. The maximum Gasteiger partial charge on any atom is 0.256 e. The van der Waals surface area contributed by atoms with Crippen molar-refractivity contribution in [3.8, 4) is 11.5 Å². The molecule has 2 N–H and O–H groups in total. The lowest BCUT2D eigenvalue weighted by atomic mass is 10.1. The largest absolute Gasteiger partial charge is 0.497 e. The summed E-state index contributed by atoms with van der Waals surface area (Å²) < 4.78 is 10.7. The number of aryl methyl sites for hydroxylation is 2. The molecule has 3 aromatic rings. The van der Waals surface area contributed by atoms with Gasteiger partial charge in [-0.3, -0.25) is 9.89 Å². The van der Waals surface area contributed by atoms with Crippen LogP contribution in [0.1, 0.15) is 21.6 Å². The standard InChI is InChI=1S/C25H31N5O3/c1-29-10-12-30(13-11-29)21-8-5-19(6-9-21)25(31)26-24-16-20(27-28-24)7-4-18-14-22(32-2)17-23(15-18)33-3/h5-6,8-9,14-17H,4,7,10-13H2,1-3H3,(H2,26,27,28,31). The highest BCUT2D eigenvalue weighted by Crippen LogP contribution is 2.24. The van der Waals surface area contributed by atoms with Crippen LogP contribution in [-0.4, -0.2) is 68.5 Å². The van der Waals surface area contributed by atoms with Gasteiger partial charge in [0.25, 0.3) is 5.91 Å².